The third-order valence-electron chi connectivity index (χ3n) is 5.64. The quantitative estimate of drug-likeness (QED) is 0.884. The number of nitrogens with zero attached hydrogens (tertiary/aromatic N) is 3. The van der Waals surface area contributed by atoms with Gasteiger partial charge in [-0.05, 0) is 17.9 Å². The fraction of sp³-hybridized carbons (Fsp3) is 0.647. The Morgan fingerprint density at radius 3 is 2.86 bits per heavy atom. The minimum absolute atomic E-state index is 0.167. The number of anilines is 1. The van der Waals surface area contributed by atoms with Crippen molar-refractivity contribution in [2.24, 2.45) is 11.8 Å². The first kappa shape index (κ1) is 14.2. The Morgan fingerprint density at radius 2 is 2.05 bits per heavy atom. The van der Waals surface area contributed by atoms with Crippen molar-refractivity contribution in [2.75, 3.05) is 25.4 Å². The molecule has 1 aromatic rings. The molecule has 1 aromatic heterocycles. The van der Waals surface area contributed by atoms with E-state index in [1.54, 1.807) is 6.33 Å². The zero-order valence-corrected chi connectivity index (χ0v) is 12.9. The maximum atomic E-state index is 10.4. The van der Waals surface area contributed by atoms with E-state index in [0.717, 1.165) is 43.2 Å². The molecule has 118 valence electrons. The Bertz CT molecular complexity index is 594. The minimum atomic E-state index is -0.167. The van der Waals surface area contributed by atoms with Crippen molar-refractivity contribution in [3.05, 3.63) is 23.7 Å². The van der Waals surface area contributed by atoms with Crippen molar-refractivity contribution in [3.63, 3.8) is 0 Å². The van der Waals surface area contributed by atoms with E-state index >= 15 is 0 Å². The number of β-amino-alcohol motifs (C(OH)–C–C–N with tert-alkyl or cyclic N) is 1. The number of nitrogens with two attached hydrogens (primary N) is 1. The van der Waals surface area contributed by atoms with Crippen LogP contribution in [-0.2, 0) is 6.42 Å². The lowest BCUT2D eigenvalue weighted by atomic mass is 9.88. The molecule has 2 heterocycles. The molecule has 0 spiro atoms. The minimum Gasteiger partial charge on any atom is -0.391 e. The average molecular weight is 300 g/mol. The number of aromatic nitrogens is 2. The first-order chi connectivity index (χ1) is 10.7. The highest BCUT2D eigenvalue weighted by Gasteiger charge is 2.38. The van der Waals surface area contributed by atoms with Gasteiger partial charge in [-0.25, -0.2) is 9.97 Å². The van der Waals surface area contributed by atoms with E-state index in [1.165, 1.54) is 31.3 Å². The van der Waals surface area contributed by atoms with E-state index in [-0.39, 0.29) is 6.10 Å². The lowest BCUT2D eigenvalue weighted by Crippen LogP contribution is -2.24. The number of likely N-dealkylation sites (tertiary alicyclic amines) is 1. The van der Waals surface area contributed by atoms with Gasteiger partial charge in [-0.3, -0.25) is 4.90 Å². The van der Waals surface area contributed by atoms with Crippen LogP contribution in [-0.4, -0.2) is 45.7 Å². The molecule has 1 saturated carbocycles. The third-order valence-corrected chi connectivity index (χ3v) is 5.64. The standard InChI is InChI=1S/C17H24N4O/c18-17-13-6-5-12(16(13)19-10-20-17)7-21-8-14(15(22)9-21)11-3-1-2-4-11/h5,10-11,14-15,22H,1-4,6-9H2,(H2,18,19,20)/t14-,15+/m1/s1. The lowest BCUT2D eigenvalue weighted by Gasteiger charge is -2.21. The fourth-order valence-electron chi connectivity index (χ4n) is 4.48. The SMILES string of the molecule is Nc1ncnc2c1CC=C2CN1C[C@H](C2CCCC2)[C@@H](O)C1. The van der Waals surface area contributed by atoms with Crippen molar-refractivity contribution in [2.45, 2.75) is 38.2 Å². The third kappa shape index (κ3) is 2.42. The van der Waals surface area contributed by atoms with Crippen molar-refractivity contribution in [3.8, 4) is 0 Å². The highest BCUT2D eigenvalue weighted by Crippen LogP contribution is 2.37. The van der Waals surface area contributed by atoms with E-state index in [0.29, 0.717) is 11.7 Å². The number of hydrogen-bond donors (Lipinski definition) is 2. The van der Waals surface area contributed by atoms with E-state index in [2.05, 4.69) is 20.9 Å². The summed E-state index contributed by atoms with van der Waals surface area (Å²) in [6.45, 7) is 2.66. The molecule has 1 aliphatic heterocycles. The predicted molar refractivity (Wildman–Crippen MR) is 86.0 cm³/mol. The predicted octanol–water partition coefficient (Wildman–Crippen LogP) is 1.48. The summed E-state index contributed by atoms with van der Waals surface area (Å²) in [7, 11) is 0. The molecule has 0 bridgehead atoms. The summed E-state index contributed by atoms with van der Waals surface area (Å²) in [4.78, 5) is 10.9. The summed E-state index contributed by atoms with van der Waals surface area (Å²) >= 11 is 0. The second-order valence-corrected chi connectivity index (χ2v) is 6.99. The van der Waals surface area contributed by atoms with Crippen molar-refractivity contribution in [1.82, 2.24) is 14.9 Å². The van der Waals surface area contributed by atoms with Crippen LogP contribution in [0.5, 0.6) is 0 Å². The van der Waals surface area contributed by atoms with Crippen molar-refractivity contribution >= 4 is 11.4 Å². The average Bonchev–Trinajstić information content (AvgIpc) is 3.20. The topological polar surface area (TPSA) is 75.3 Å². The second kappa shape index (κ2) is 5.63. The van der Waals surface area contributed by atoms with Gasteiger partial charge in [0.2, 0.25) is 0 Å². The number of allylic oxidation sites excluding steroid dienone is 1. The van der Waals surface area contributed by atoms with Gasteiger partial charge in [-0.1, -0.05) is 31.8 Å². The van der Waals surface area contributed by atoms with Crippen LogP contribution in [0.3, 0.4) is 0 Å². The molecule has 3 aliphatic rings. The molecule has 2 atom stereocenters. The summed E-state index contributed by atoms with van der Waals surface area (Å²) in [5.41, 5.74) is 9.24. The van der Waals surface area contributed by atoms with Crippen LogP contribution in [0, 0.1) is 11.8 Å². The molecular formula is C17H24N4O. The summed E-state index contributed by atoms with van der Waals surface area (Å²) in [6, 6.07) is 0. The molecule has 2 aliphatic carbocycles. The molecular weight excluding hydrogens is 276 g/mol. The maximum absolute atomic E-state index is 10.4. The highest BCUT2D eigenvalue weighted by atomic mass is 16.3. The monoisotopic (exact) mass is 300 g/mol. The molecule has 0 amide bonds. The van der Waals surface area contributed by atoms with Crippen LogP contribution < -0.4 is 5.73 Å². The zero-order valence-electron chi connectivity index (χ0n) is 12.9. The number of aliphatic hydroxyl groups excluding tert-OH is 1. The summed E-state index contributed by atoms with van der Waals surface area (Å²) in [5, 5.41) is 10.4. The molecule has 5 nitrogen and oxygen atoms in total. The Labute approximate surface area is 131 Å². The van der Waals surface area contributed by atoms with E-state index < -0.39 is 0 Å². The molecule has 0 unspecified atom stereocenters. The molecule has 5 heteroatoms. The van der Waals surface area contributed by atoms with Gasteiger partial charge in [0.05, 0.1) is 11.8 Å². The first-order valence-electron chi connectivity index (χ1n) is 8.41. The second-order valence-electron chi connectivity index (χ2n) is 6.99. The van der Waals surface area contributed by atoms with E-state index in [9.17, 15) is 5.11 Å². The van der Waals surface area contributed by atoms with Gasteiger partial charge in [0, 0.05) is 31.1 Å². The van der Waals surface area contributed by atoms with E-state index in [1.807, 2.05) is 0 Å². The van der Waals surface area contributed by atoms with Crippen LogP contribution in [0.25, 0.3) is 5.57 Å². The van der Waals surface area contributed by atoms with Gasteiger partial charge in [0.15, 0.2) is 0 Å². The molecule has 22 heavy (non-hydrogen) atoms. The van der Waals surface area contributed by atoms with Crippen molar-refractivity contribution in [1.29, 1.82) is 0 Å². The number of nitrogen functional groups attached to an aromatic ring is 1. The molecule has 3 N–H and O–H groups in total. The normalized spacial score (nSPS) is 29.0. The van der Waals surface area contributed by atoms with Crippen LogP contribution >= 0.6 is 0 Å². The summed E-state index contributed by atoms with van der Waals surface area (Å²) in [6.07, 6.45) is 9.69. The molecule has 1 saturated heterocycles. The Morgan fingerprint density at radius 1 is 1.23 bits per heavy atom. The number of aliphatic hydroxyl groups is 1. The Hall–Kier alpha value is -1.46. The summed E-state index contributed by atoms with van der Waals surface area (Å²) in [5.74, 6) is 1.78. The largest absolute Gasteiger partial charge is 0.391 e. The van der Waals surface area contributed by atoms with Crippen LogP contribution in [0.1, 0.15) is 36.9 Å². The number of rotatable bonds is 3. The molecule has 0 aromatic carbocycles. The van der Waals surface area contributed by atoms with Crippen molar-refractivity contribution < 1.29 is 5.11 Å². The van der Waals surface area contributed by atoms with Gasteiger partial charge in [-0.2, -0.15) is 0 Å². The van der Waals surface area contributed by atoms with Gasteiger partial charge in [-0.15, -0.1) is 0 Å². The number of hydrogen-bond acceptors (Lipinski definition) is 5. The zero-order chi connectivity index (χ0) is 15.1. The maximum Gasteiger partial charge on any atom is 0.130 e. The van der Waals surface area contributed by atoms with Gasteiger partial charge >= 0.3 is 0 Å². The van der Waals surface area contributed by atoms with Gasteiger partial charge in [0.1, 0.15) is 12.1 Å². The molecule has 0 radical (unpaired) electrons. The highest BCUT2D eigenvalue weighted by molar-refractivity contribution is 5.74. The Kier molecular flexibility index (Phi) is 3.62. The Balaban J connectivity index is 1.44. The van der Waals surface area contributed by atoms with E-state index in [4.69, 9.17) is 5.73 Å². The smallest absolute Gasteiger partial charge is 0.130 e. The van der Waals surface area contributed by atoms with Gasteiger partial charge in [0.25, 0.3) is 0 Å². The van der Waals surface area contributed by atoms with Gasteiger partial charge < -0.3 is 10.8 Å². The van der Waals surface area contributed by atoms with Crippen LogP contribution in [0.15, 0.2) is 12.4 Å². The molecule has 2 fully saturated rings. The summed E-state index contributed by atoms with van der Waals surface area (Å²) < 4.78 is 0. The lowest BCUT2D eigenvalue weighted by molar-refractivity contribution is 0.113. The van der Waals surface area contributed by atoms with Crippen LogP contribution in [0.2, 0.25) is 0 Å². The first-order valence-corrected chi connectivity index (χ1v) is 8.41. The molecule has 4 rings (SSSR count). The number of fused-ring (bicyclic) bond motifs is 1. The van der Waals surface area contributed by atoms with Crippen LogP contribution in [0.4, 0.5) is 5.82 Å². The fourth-order valence-corrected chi connectivity index (χ4v) is 4.48.